The van der Waals surface area contributed by atoms with Crippen molar-refractivity contribution in [2.75, 3.05) is 13.1 Å². The minimum absolute atomic E-state index is 0.0516. The Bertz CT molecular complexity index is 1280. The molecular formula is C42H72N2O2Si2. The van der Waals surface area contributed by atoms with Crippen LogP contribution >= 0.6 is 0 Å². The lowest BCUT2D eigenvalue weighted by atomic mass is 9.86. The van der Waals surface area contributed by atoms with Crippen molar-refractivity contribution in [3.63, 3.8) is 0 Å². The van der Waals surface area contributed by atoms with Crippen molar-refractivity contribution in [1.82, 2.24) is 0 Å². The Labute approximate surface area is 298 Å². The van der Waals surface area contributed by atoms with Gasteiger partial charge in [0.2, 0.25) is 0 Å². The summed E-state index contributed by atoms with van der Waals surface area (Å²) >= 11 is 0. The van der Waals surface area contributed by atoms with Crippen LogP contribution in [0, 0.1) is 0 Å². The zero-order valence-corrected chi connectivity index (χ0v) is 36.1. The average molecular weight is 693 g/mol. The highest BCUT2D eigenvalue weighted by atomic mass is 28.3. The smallest absolute Gasteiger partial charge is 0.123 e. The van der Waals surface area contributed by atoms with Crippen LogP contribution in [0.2, 0.25) is 33.2 Å². The van der Waals surface area contributed by atoms with E-state index in [2.05, 4.69) is 149 Å². The van der Waals surface area contributed by atoms with Crippen LogP contribution in [0.15, 0.2) is 34.3 Å². The van der Waals surface area contributed by atoms with Crippen molar-refractivity contribution in [3.8, 4) is 11.5 Å². The summed E-state index contributed by atoms with van der Waals surface area (Å²) in [6.07, 6.45) is 3.71. The lowest BCUT2D eigenvalue weighted by molar-refractivity contribution is 0.475. The molecule has 2 aromatic carbocycles. The first-order valence-corrected chi connectivity index (χ1v) is 23.1. The van der Waals surface area contributed by atoms with Crippen molar-refractivity contribution in [3.05, 3.63) is 46.5 Å². The summed E-state index contributed by atoms with van der Waals surface area (Å²) in [5, 5.41) is 26.0. The van der Waals surface area contributed by atoms with Gasteiger partial charge in [-0.05, 0) is 77.7 Å². The highest BCUT2D eigenvalue weighted by molar-refractivity contribution is 6.96. The predicted molar refractivity (Wildman–Crippen MR) is 220 cm³/mol. The van der Waals surface area contributed by atoms with Crippen LogP contribution in [0.5, 0.6) is 11.5 Å². The van der Waals surface area contributed by atoms with Crippen molar-refractivity contribution >= 4 is 39.0 Å². The summed E-state index contributed by atoms with van der Waals surface area (Å²) in [6, 6.07) is 8.87. The van der Waals surface area contributed by atoms with Crippen molar-refractivity contribution in [2.24, 2.45) is 9.98 Å². The van der Waals surface area contributed by atoms with E-state index in [0.29, 0.717) is 57.8 Å². The molecule has 0 unspecified atom stereocenters. The third-order valence-electron chi connectivity index (χ3n) is 11.5. The molecule has 2 N–H and O–H groups in total. The second kappa shape index (κ2) is 15.8. The van der Waals surface area contributed by atoms with E-state index in [-0.39, 0.29) is 10.8 Å². The molecule has 0 saturated carbocycles. The van der Waals surface area contributed by atoms with Gasteiger partial charge in [0.15, 0.2) is 0 Å². The summed E-state index contributed by atoms with van der Waals surface area (Å²) in [7, 11) is -4.21. The van der Waals surface area contributed by atoms with Gasteiger partial charge in [-0.15, -0.1) is 0 Å². The van der Waals surface area contributed by atoms with Crippen LogP contribution in [0.1, 0.15) is 147 Å². The monoisotopic (exact) mass is 693 g/mol. The van der Waals surface area contributed by atoms with E-state index in [9.17, 15) is 10.2 Å². The molecule has 0 fully saturated rings. The van der Waals surface area contributed by atoms with Crippen LogP contribution in [0.4, 0.5) is 0 Å². The van der Waals surface area contributed by atoms with E-state index in [1.54, 1.807) is 0 Å². The molecule has 48 heavy (non-hydrogen) atoms. The van der Waals surface area contributed by atoms with E-state index in [1.807, 2.05) is 12.4 Å². The number of phenols is 2. The van der Waals surface area contributed by atoms with E-state index in [1.165, 1.54) is 21.5 Å². The molecule has 6 heteroatoms. The van der Waals surface area contributed by atoms with Crippen molar-refractivity contribution in [2.45, 2.75) is 169 Å². The number of aliphatic imine (C=N–C) groups is 2. The Morgan fingerprint density at radius 1 is 0.500 bits per heavy atom. The van der Waals surface area contributed by atoms with E-state index >= 15 is 0 Å². The SMILES string of the molecule is CC(C)[Si](c1cc(C(C)(C)C)cc(C=NCCN=Cc2cc(C(C)(C)C)cc([Si](C(C)C)(C(C)C)C(C)C)c2O)c1O)(C(C)C)C(C)C. The van der Waals surface area contributed by atoms with Crippen LogP contribution in [-0.4, -0.2) is 51.9 Å². The van der Waals surface area contributed by atoms with Gasteiger partial charge in [-0.25, -0.2) is 0 Å². The molecule has 0 bridgehead atoms. The van der Waals surface area contributed by atoms with Crippen molar-refractivity contribution in [1.29, 1.82) is 0 Å². The van der Waals surface area contributed by atoms with Crippen LogP contribution in [-0.2, 0) is 10.8 Å². The van der Waals surface area contributed by atoms with Gasteiger partial charge in [0.25, 0.3) is 0 Å². The quantitative estimate of drug-likeness (QED) is 0.125. The van der Waals surface area contributed by atoms with Gasteiger partial charge < -0.3 is 10.2 Å². The Balaban J connectivity index is 2.56. The minimum Gasteiger partial charge on any atom is -0.507 e. The largest absolute Gasteiger partial charge is 0.507 e. The first-order chi connectivity index (χ1) is 21.9. The summed E-state index contributed by atoms with van der Waals surface area (Å²) in [5.41, 5.74) is 6.90. The highest BCUT2D eigenvalue weighted by Gasteiger charge is 2.48. The van der Waals surface area contributed by atoms with Gasteiger partial charge in [0, 0.05) is 23.6 Å². The molecule has 0 saturated heterocycles. The first kappa shape index (κ1) is 42.0. The Morgan fingerprint density at radius 3 is 0.958 bits per heavy atom. The standard InChI is InChI=1S/C42H72N2O2Si2/c1-27(2)47(28(3)4,29(5)6)37-23-35(41(13,14)15)21-33(39(37)45)25-43-19-20-44-26-34-22-36(42(16,17)18)24-38(40(34)46)48(30(7)8,31(9)10)32(11)12/h21-32,45-46H,19-20H2,1-18H3. The topological polar surface area (TPSA) is 65.2 Å². The zero-order chi connectivity index (χ0) is 37.2. The fourth-order valence-corrected chi connectivity index (χ4v) is 23.0. The second-order valence-corrected chi connectivity index (χ2v) is 30.0. The average Bonchev–Trinajstić information content (AvgIpc) is 2.91. The number of rotatable bonds is 13. The molecule has 0 amide bonds. The first-order valence-electron chi connectivity index (χ1n) is 18.6. The minimum atomic E-state index is -2.11. The maximum Gasteiger partial charge on any atom is 0.123 e. The van der Waals surface area contributed by atoms with Gasteiger partial charge in [-0.2, -0.15) is 0 Å². The summed E-state index contributed by atoms with van der Waals surface area (Å²) in [5.74, 6) is 0.810. The summed E-state index contributed by atoms with van der Waals surface area (Å²) in [6.45, 7) is 42.6. The van der Waals surface area contributed by atoms with E-state index in [4.69, 9.17) is 9.98 Å². The summed E-state index contributed by atoms with van der Waals surface area (Å²) in [4.78, 5) is 9.56. The Hall–Kier alpha value is -2.19. The number of benzene rings is 2. The van der Waals surface area contributed by atoms with Gasteiger partial charge in [0.05, 0.1) is 29.2 Å². The molecule has 270 valence electrons. The molecule has 2 aromatic rings. The molecule has 0 aromatic heterocycles. The molecule has 4 nitrogen and oxygen atoms in total. The molecule has 0 radical (unpaired) electrons. The number of hydrogen-bond donors (Lipinski definition) is 2. The second-order valence-electron chi connectivity index (χ2n) is 18.3. The molecule has 0 aliphatic carbocycles. The van der Waals surface area contributed by atoms with E-state index < -0.39 is 16.1 Å². The lowest BCUT2D eigenvalue weighted by Crippen LogP contribution is -2.56. The zero-order valence-electron chi connectivity index (χ0n) is 34.1. The van der Waals surface area contributed by atoms with Crippen molar-refractivity contribution < 1.29 is 10.2 Å². The molecule has 0 aliphatic heterocycles. The summed E-state index contributed by atoms with van der Waals surface area (Å²) < 4.78 is 0. The normalized spacial score (nSPS) is 14.1. The molecule has 2 rings (SSSR count). The highest BCUT2D eigenvalue weighted by Crippen LogP contribution is 2.45. The number of phenolic OH excluding ortho intramolecular Hbond substituents is 2. The fourth-order valence-electron chi connectivity index (χ4n) is 9.34. The Kier molecular flexibility index (Phi) is 13.8. The van der Waals surface area contributed by atoms with Gasteiger partial charge in [0.1, 0.15) is 11.5 Å². The van der Waals surface area contributed by atoms with Crippen LogP contribution in [0.25, 0.3) is 0 Å². The van der Waals surface area contributed by atoms with Gasteiger partial charge >= 0.3 is 0 Å². The maximum absolute atomic E-state index is 11.8. The molecule has 0 spiro atoms. The lowest BCUT2D eigenvalue weighted by Gasteiger charge is -2.44. The predicted octanol–water partition coefficient (Wildman–Crippen LogP) is 11.0. The van der Waals surface area contributed by atoms with E-state index in [0.717, 1.165) is 11.1 Å². The van der Waals surface area contributed by atoms with Gasteiger partial charge in [-0.3, -0.25) is 9.98 Å². The maximum atomic E-state index is 11.8. The van der Waals surface area contributed by atoms with Crippen LogP contribution < -0.4 is 10.4 Å². The number of hydrogen-bond acceptors (Lipinski definition) is 4. The molecule has 0 aliphatic rings. The third kappa shape index (κ3) is 8.23. The van der Waals surface area contributed by atoms with Gasteiger partial charge in [-0.1, -0.05) is 137 Å². The third-order valence-corrected chi connectivity index (χ3v) is 25.6. The molecular weight excluding hydrogens is 621 g/mol. The number of nitrogens with zero attached hydrogens (tertiary/aromatic N) is 2. The molecule has 0 heterocycles. The Morgan fingerprint density at radius 2 is 0.750 bits per heavy atom. The van der Waals surface area contributed by atoms with Crippen LogP contribution in [0.3, 0.4) is 0 Å². The fraction of sp³-hybridized carbons (Fsp3) is 0.667. The molecule has 0 atom stereocenters. The number of aromatic hydroxyl groups is 2.